The van der Waals surface area contributed by atoms with Gasteiger partial charge in [0.15, 0.2) is 0 Å². The zero-order chi connectivity index (χ0) is 16.9. The minimum Gasteiger partial charge on any atom is -0.381 e. The summed E-state index contributed by atoms with van der Waals surface area (Å²) in [5.41, 5.74) is 2.40. The number of likely N-dealkylation sites (tertiary alicyclic amines) is 1. The van der Waals surface area contributed by atoms with Crippen molar-refractivity contribution in [3.8, 4) is 0 Å². The predicted octanol–water partition coefficient (Wildman–Crippen LogP) is 2.35. The van der Waals surface area contributed by atoms with Gasteiger partial charge in [0.1, 0.15) is 5.82 Å². The molecule has 0 saturated carbocycles. The molecule has 1 unspecified atom stereocenters. The van der Waals surface area contributed by atoms with Crippen molar-refractivity contribution in [2.75, 3.05) is 37.4 Å². The lowest BCUT2D eigenvalue weighted by atomic mass is 10.1. The summed E-state index contributed by atoms with van der Waals surface area (Å²) < 4.78 is 2.11. The Morgan fingerprint density at radius 2 is 2.08 bits per heavy atom. The zero-order valence-electron chi connectivity index (χ0n) is 14.9. The molecule has 3 heterocycles. The molecule has 3 rings (SSSR count). The van der Waals surface area contributed by atoms with Crippen LogP contribution in [-0.4, -0.2) is 52.7 Å². The third-order valence-corrected chi connectivity index (χ3v) is 4.70. The molecule has 1 aliphatic heterocycles. The van der Waals surface area contributed by atoms with E-state index in [0.29, 0.717) is 6.04 Å². The number of nitrogens with one attached hydrogen (secondary N) is 1. The second-order valence-electron chi connectivity index (χ2n) is 6.84. The third-order valence-electron chi connectivity index (χ3n) is 4.70. The number of hydrogen-bond acceptors (Lipinski definition) is 5. The molecule has 24 heavy (non-hydrogen) atoms. The quantitative estimate of drug-likeness (QED) is 0.913. The first kappa shape index (κ1) is 16.8. The first-order valence-electron chi connectivity index (χ1n) is 8.69. The van der Waals surface area contributed by atoms with Crippen molar-refractivity contribution in [2.24, 2.45) is 7.05 Å². The van der Waals surface area contributed by atoms with Gasteiger partial charge in [-0.1, -0.05) is 0 Å². The molecule has 0 spiro atoms. The molecule has 1 fully saturated rings. The van der Waals surface area contributed by atoms with Crippen LogP contribution in [0, 0.1) is 0 Å². The number of aryl methyl sites for hydroxylation is 1. The van der Waals surface area contributed by atoms with Crippen LogP contribution in [0.4, 0.5) is 11.5 Å². The van der Waals surface area contributed by atoms with E-state index in [1.165, 1.54) is 18.5 Å². The van der Waals surface area contributed by atoms with E-state index in [1.54, 1.807) is 0 Å². The lowest BCUT2D eigenvalue weighted by molar-refractivity contribution is 0.270. The van der Waals surface area contributed by atoms with E-state index in [-0.39, 0.29) is 0 Å². The monoisotopic (exact) mass is 328 g/mol. The topological polar surface area (TPSA) is 49.2 Å². The third kappa shape index (κ3) is 4.26. The van der Waals surface area contributed by atoms with Crippen LogP contribution in [0.25, 0.3) is 0 Å². The highest BCUT2D eigenvalue weighted by atomic mass is 15.2. The molecule has 2 aromatic heterocycles. The molecule has 6 heteroatoms. The maximum Gasteiger partial charge on any atom is 0.128 e. The lowest BCUT2D eigenvalue weighted by Crippen LogP contribution is -2.27. The van der Waals surface area contributed by atoms with Gasteiger partial charge in [-0.05, 0) is 37.9 Å². The van der Waals surface area contributed by atoms with Crippen LogP contribution >= 0.6 is 0 Å². The van der Waals surface area contributed by atoms with Gasteiger partial charge in [0.25, 0.3) is 0 Å². The number of rotatable bonds is 5. The van der Waals surface area contributed by atoms with Crippen LogP contribution in [0.1, 0.15) is 25.0 Å². The van der Waals surface area contributed by atoms with Crippen LogP contribution in [0.15, 0.2) is 30.9 Å². The molecule has 1 atom stereocenters. The van der Waals surface area contributed by atoms with E-state index in [4.69, 9.17) is 0 Å². The van der Waals surface area contributed by atoms with Gasteiger partial charge in [-0.3, -0.25) is 4.90 Å². The fourth-order valence-electron chi connectivity index (χ4n) is 3.20. The summed E-state index contributed by atoms with van der Waals surface area (Å²) in [6.45, 7) is 3.26. The Morgan fingerprint density at radius 3 is 2.75 bits per heavy atom. The molecule has 0 aliphatic carbocycles. The number of pyridine rings is 1. The fraction of sp³-hybridized carbons (Fsp3) is 0.556. The van der Waals surface area contributed by atoms with Gasteiger partial charge in [-0.15, -0.1) is 0 Å². The number of hydrogen-bond donors (Lipinski definition) is 1. The smallest absolute Gasteiger partial charge is 0.128 e. The summed E-state index contributed by atoms with van der Waals surface area (Å²) >= 11 is 0. The molecule has 130 valence electrons. The Balaban J connectivity index is 1.52. The van der Waals surface area contributed by atoms with Gasteiger partial charge in [-0.2, -0.15) is 0 Å². The Morgan fingerprint density at radius 1 is 1.21 bits per heavy atom. The van der Waals surface area contributed by atoms with Crippen molar-refractivity contribution < 1.29 is 0 Å². The molecule has 0 radical (unpaired) electrons. The summed E-state index contributed by atoms with van der Waals surface area (Å²) in [6, 6.07) is 4.71. The molecule has 1 saturated heterocycles. The first-order valence-corrected chi connectivity index (χ1v) is 8.69. The second-order valence-corrected chi connectivity index (χ2v) is 6.84. The first-order chi connectivity index (χ1) is 11.6. The van der Waals surface area contributed by atoms with Gasteiger partial charge >= 0.3 is 0 Å². The highest BCUT2D eigenvalue weighted by Gasteiger charge is 2.18. The summed E-state index contributed by atoms with van der Waals surface area (Å²) in [5.74, 6) is 0.990. The molecular formula is C18H28N6. The summed E-state index contributed by atoms with van der Waals surface area (Å²) in [5, 5.41) is 3.65. The molecule has 2 aromatic rings. The van der Waals surface area contributed by atoms with Crippen LogP contribution in [0.2, 0.25) is 0 Å². The van der Waals surface area contributed by atoms with Gasteiger partial charge in [0, 0.05) is 46.5 Å². The number of imidazole rings is 1. The largest absolute Gasteiger partial charge is 0.381 e. The minimum absolute atomic E-state index is 0.522. The number of nitrogens with zero attached hydrogens (tertiary/aromatic N) is 5. The maximum absolute atomic E-state index is 4.49. The second kappa shape index (κ2) is 7.66. The molecule has 0 aromatic carbocycles. The summed E-state index contributed by atoms with van der Waals surface area (Å²) in [7, 11) is 6.09. The van der Waals surface area contributed by atoms with Crippen molar-refractivity contribution >= 4 is 11.5 Å². The van der Waals surface area contributed by atoms with Gasteiger partial charge < -0.3 is 14.8 Å². The highest BCUT2D eigenvalue weighted by Crippen LogP contribution is 2.19. The molecule has 0 bridgehead atoms. The standard InChI is InChI=1S/C18H28N6/c1-22(2)18-7-6-16(11-20-18)21-15-5-4-9-24(10-8-15)13-17-12-19-14-23(17)3/h6-7,11-12,14-15,21H,4-5,8-10,13H2,1-3H3. The molecule has 6 nitrogen and oxygen atoms in total. The summed E-state index contributed by atoms with van der Waals surface area (Å²) in [4.78, 5) is 13.3. The average Bonchev–Trinajstić information content (AvgIpc) is 2.84. The normalized spacial score (nSPS) is 19.0. The van der Waals surface area contributed by atoms with Crippen LogP contribution < -0.4 is 10.2 Å². The zero-order valence-corrected chi connectivity index (χ0v) is 14.9. The number of anilines is 2. The highest BCUT2D eigenvalue weighted by molar-refractivity contribution is 5.48. The van der Waals surface area contributed by atoms with Gasteiger partial charge in [0.05, 0.1) is 23.9 Å². The van der Waals surface area contributed by atoms with Crippen molar-refractivity contribution in [3.63, 3.8) is 0 Å². The Kier molecular flexibility index (Phi) is 5.35. The Hall–Kier alpha value is -2.08. The number of aromatic nitrogens is 3. The predicted molar refractivity (Wildman–Crippen MR) is 98.3 cm³/mol. The van der Waals surface area contributed by atoms with Crippen LogP contribution in [0.5, 0.6) is 0 Å². The van der Waals surface area contributed by atoms with Crippen LogP contribution in [-0.2, 0) is 13.6 Å². The molecule has 1 N–H and O–H groups in total. The van der Waals surface area contributed by atoms with Gasteiger partial charge in [-0.25, -0.2) is 9.97 Å². The summed E-state index contributed by atoms with van der Waals surface area (Å²) in [6.07, 6.45) is 9.37. The van der Waals surface area contributed by atoms with Gasteiger partial charge in [0.2, 0.25) is 0 Å². The maximum atomic E-state index is 4.49. The van der Waals surface area contributed by atoms with Crippen molar-refractivity contribution in [1.82, 2.24) is 19.4 Å². The Labute approximate surface area is 144 Å². The average molecular weight is 328 g/mol. The SMILES string of the molecule is CN(C)c1ccc(NC2CCCN(Cc3cncn3C)CC2)cn1. The van der Waals surface area contributed by atoms with E-state index in [2.05, 4.69) is 43.9 Å². The lowest BCUT2D eigenvalue weighted by Gasteiger charge is -2.21. The molecular weight excluding hydrogens is 300 g/mol. The van der Waals surface area contributed by atoms with Crippen molar-refractivity contribution in [2.45, 2.75) is 31.8 Å². The fourth-order valence-corrected chi connectivity index (χ4v) is 3.20. The molecule has 0 amide bonds. The van der Waals surface area contributed by atoms with E-state index in [0.717, 1.165) is 37.6 Å². The van der Waals surface area contributed by atoms with E-state index in [1.807, 2.05) is 37.7 Å². The molecule has 1 aliphatic rings. The van der Waals surface area contributed by atoms with Crippen LogP contribution in [0.3, 0.4) is 0 Å². The van der Waals surface area contributed by atoms with Crippen molar-refractivity contribution in [3.05, 3.63) is 36.5 Å². The minimum atomic E-state index is 0.522. The van der Waals surface area contributed by atoms with E-state index in [9.17, 15) is 0 Å². The van der Waals surface area contributed by atoms with Crippen molar-refractivity contribution in [1.29, 1.82) is 0 Å². The van der Waals surface area contributed by atoms with E-state index >= 15 is 0 Å². The van der Waals surface area contributed by atoms with E-state index < -0.39 is 0 Å². The Bertz CT molecular complexity index is 633.